The number of carboxylic acid groups (broad SMARTS) is 1. The molecule has 1 aliphatic rings. The molecule has 1 amide bonds. The van der Waals surface area contributed by atoms with Crippen molar-refractivity contribution in [1.29, 1.82) is 5.26 Å². The molecule has 1 saturated heterocycles. The number of hydrogen-bond donors (Lipinski definition) is 1. The Kier molecular flexibility index (Phi) is 4.48. The lowest BCUT2D eigenvalue weighted by Gasteiger charge is -2.29. The average molecular weight is 305 g/mol. The molecule has 0 radical (unpaired) electrons. The van der Waals surface area contributed by atoms with Crippen molar-refractivity contribution in [3.05, 3.63) is 29.6 Å². The van der Waals surface area contributed by atoms with Crippen LogP contribution in [-0.4, -0.2) is 44.0 Å². The molecule has 1 N–H and O–H groups in total. The maximum Gasteiger partial charge on any atom is 0.327 e. The van der Waals surface area contributed by atoms with Gasteiger partial charge in [-0.3, -0.25) is 4.79 Å². The molecule has 7 heteroatoms. The minimum Gasteiger partial charge on any atom is -0.480 e. The van der Waals surface area contributed by atoms with Crippen LogP contribution in [0, 0.1) is 17.2 Å². The van der Waals surface area contributed by atoms with Gasteiger partial charge in [0.15, 0.2) is 0 Å². The van der Waals surface area contributed by atoms with Crippen molar-refractivity contribution in [1.82, 2.24) is 9.88 Å². The monoisotopic (exact) mass is 305 g/mol. The van der Waals surface area contributed by atoms with Gasteiger partial charge in [-0.2, -0.15) is 5.26 Å². The van der Waals surface area contributed by atoms with Crippen molar-refractivity contribution in [3.63, 3.8) is 0 Å². The van der Waals surface area contributed by atoms with Gasteiger partial charge in [-0.25, -0.2) is 9.78 Å². The topological polar surface area (TPSA) is 94.3 Å². The number of carboxylic acids is 1. The van der Waals surface area contributed by atoms with E-state index in [4.69, 9.17) is 5.26 Å². The predicted molar refractivity (Wildman–Crippen MR) is 77.6 cm³/mol. The molecule has 2 unspecified atom stereocenters. The molecule has 2 heterocycles. The van der Waals surface area contributed by atoms with Crippen LogP contribution in [0.15, 0.2) is 18.3 Å². The molecule has 2 rings (SSSR count). The van der Waals surface area contributed by atoms with E-state index < -0.39 is 17.9 Å². The second kappa shape index (κ2) is 6.14. The van der Waals surface area contributed by atoms with Gasteiger partial charge in [-0.1, -0.05) is 13.8 Å². The molecular weight excluding hydrogens is 290 g/mol. The molecule has 1 aliphatic heterocycles. The highest BCUT2D eigenvalue weighted by Gasteiger charge is 2.43. The molecule has 0 aromatic carbocycles. The Labute approximate surface area is 126 Å². The summed E-state index contributed by atoms with van der Waals surface area (Å²) in [6.07, 6.45) is 1.32. The summed E-state index contributed by atoms with van der Waals surface area (Å²) in [5.41, 5.74) is 0.519. The van der Waals surface area contributed by atoms with E-state index in [0.29, 0.717) is 11.3 Å². The number of pyridine rings is 1. The molecule has 0 saturated carbocycles. The average Bonchev–Trinajstić information content (AvgIpc) is 2.91. The zero-order valence-electron chi connectivity index (χ0n) is 11.7. The summed E-state index contributed by atoms with van der Waals surface area (Å²) >= 11 is 1.47. The van der Waals surface area contributed by atoms with Gasteiger partial charge < -0.3 is 10.0 Å². The fraction of sp³-hybridized carbons (Fsp3) is 0.429. The first-order valence-corrected chi connectivity index (χ1v) is 7.53. The smallest absolute Gasteiger partial charge is 0.327 e. The van der Waals surface area contributed by atoms with E-state index in [0.717, 1.165) is 0 Å². The molecule has 110 valence electrons. The minimum atomic E-state index is -1.01. The van der Waals surface area contributed by atoms with Crippen LogP contribution in [0.3, 0.4) is 0 Å². The lowest BCUT2D eigenvalue weighted by molar-refractivity contribution is -0.141. The summed E-state index contributed by atoms with van der Waals surface area (Å²) in [7, 11) is 0. The van der Waals surface area contributed by atoms with Gasteiger partial charge in [-0.05, 0) is 18.1 Å². The fourth-order valence-electron chi connectivity index (χ4n) is 2.21. The number of nitrogens with zero attached hydrogens (tertiary/aromatic N) is 3. The second-order valence-corrected chi connectivity index (χ2v) is 6.23. The minimum absolute atomic E-state index is 0.140. The maximum atomic E-state index is 12.6. The third-order valence-electron chi connectivity index (χ3n) is 3.24. The third kappa shape index (κ3) is 3.00. The van der Waals surface area contributed by atoms with E-state index >= 15 is 0 Å². The standard InChI is InChI=1S/C14H15N3O3S/c1-8(2)13-17(11(7-21-13)14(19)20)12(18)10-4-3-9(5-15)6-16-10/h3-4,6,8,11,13H,7H2,1-2H3,(H,19,20). The maximum absolute atomic E-state index is 12.6. The summed E-state index contributed by atoms with van der Waals surface area (Å²) in [5, 5.41) is 17.8. The summed E-state index contributed by atoms with van der Waals surface area (Å²) in [6.45, 7) is 3.91. The van der Waals surface area contributed by atoms with Crippen LogP contribution in [0.4, 0.5) is 0 Å². The zero-order chi connectivity index (χ0) is 15.6. The van der Waals surface area contributed by atoms with Crippen LogP contribution >= 0.6 is 11.8 Å². The van der Waals surface area contributed by atoms with Crippen LogP contribution in [0.25, 0.3) is 0 Å². The van der Waals surface area contributed by atoms with E-state index in [1.165, 1.54) is 35.0 Å². The highest BCUT2D eigenvalue weighted by atomic mass is 32.2. The van der Waals surface area contributed by atoms with Crippen LogP contribution in [0.2, 0.25) is 0 Å². The second-order valence-electron chi connectivity index (χ2n) is 5.08. The summed E-state index contributed by atoms with van der Waals surface area (Å²) in [6, 6.07) is 4.05. The first-order valence-electron chi connectivity index (χ1n) is 6.49. The van der Waals surface area contributed by atoms with Crippen LogP contribution in [0.1, 0.15) is 29.9 Å². The predicted octanol–water partition coefficient (Wildman–Crippen LogP) is 1.58. The molecule has 0 aliphatic carbocycles. The Morgan fingerprint density at radius 3 is 2.71 bits per heavy atom. The molecule has 0 spiro atoms. The number of carbonyl (C=O) groups is 2. The number of carbonyl (C=O) groups excluding carboxylic acids is 1. The largest absolute Gasteiger partial charge is 0.480 e. The quantitative estimate of drug-likeness (QED) is 0.911. The van der Waals surface area contributed by atoms with E-state index in [9.17, 15) is 14.7 Å². The van der Waals surface area contributed by atoms with Crippen molar-refractivity contribution in [2.24, 2.45) is 5.92 Å². The molecule has 0 bridgehead atoms. The Bertz CT molecular complexity index is 594. The van der Waals surface area contributed by atoms with Crippen molar-refractivity contribution in [2.45, 2.75) is 25.3 Å². The number of amides is 1. The molecule has 1 aromatic heterocycles. The van der Waals surface area contributed by atoms with Gasteiger partial charge in [0.25, 0.3) is 5.91 Å². The molecule has 6 nitrogen and oxygen atoms in total. The Hall–Kier alpha value is -2.07. The van der Waals surface area contributed by atoms with Gasteiger partial charge in [-0.15, -0.1) is 11.8 Å². The molecular formula is C14H15N3O3S. The lowest BCUT2D eigenvalue weighted by atomic mass is 10.1. The summed E-state index contributed by atoms with van der Waals surface area (Å²) < 4.78 is 0. The van der Waals surface area contributed by atoms with Gasteiger partial charge in [0.2, 0.25) is 0 Å². The Morgan fingerprint density at radius 2 is 2.24 bits per heavy atom. The van der Waals surface area contributed by atoms with Gasteiger partial charge in [0.1, 0.15) is 17.8 Å². The van der Waals surface area contributed by atoms with Gasteiger partial charge in [0, 0.05) is 11.9 Å². The van der Waals surface area contributed by atoms with E-state index in [1.807, 2.05) is 19.9 Å². The van der Waals surface area contributed by atoms with Crippen LogP contribution in [0.5, 0.6) is 0 Å². The Morgan fingerprint density at radius 1 is 1.52 bits per heavy atom. The third-order valence-corrected chi connectivity index (χ3v) is 4.86. The van der Waals surface area contributed by atoms with E-state index in [-0.39, 0.29) is 17.0 Å². The first-order chi connectivity index (χ1) is 9.95. The highest BCUT2D eigenvalue weighted by molar-refractivity contribution is 8.00. The number of aliphatic carboxylic acids is 1. The summed E-state index contributed by atoms with van der Waals surface area (Å²) in [4.78, 5) is 29.3. The fourth-order valence-corrected chi connectivity index (χ4v) is 3.68. The van der Waals surface area contributed by atoms with Crippen molar-refractivity contribution < 1.29 is 14.7 Å². The number of aromatic nitrogens is 1. The lowest BCUT2D eigenvalue weighted by Crippen LogP contribution is -2.47. The van der Waals surface area contributed by atoms with E-state index in [2.05, 4.69) is 4.98 Å². The molecule has 1 fully saturated rings. The van der Waals surface area contributed by atoms with Crippen molar-refractivity contribution >= 4 is 23.6 Å². The zero-order valence-corrected chi connectivity index (χ0v) is 12.5. The number of thioether (sulfide) groups is 1. The van der Waals surface area contributed by atoms with Crippen molar-refractivity contribution in [2.75, 3.05) is 5.75 Å². The molecule has 2 atom stereocenters. The van der Waals surface area contributed by atoms with Gasteiger partial charge >= 0.3 is 5.97 Å². The molecule has 21 heavy (non-hydrogen) atoms. The van der Waals surface area contributed by atoms with Crippen LogP contribution < -0.4 is 0 Å². The van der Waals surface area contributed by atoms with E-state index in [1.54, 1.807) is 0 Å². The highest BCUT2D eigenvalue weighted by Crippen LogP contribution is 2.35. The van der Waals surface area contributed by atoms with Crippen molar-refractivity contribution in [3.8, 4) is 6.07 Å². The Balaban J connectivity index is 2.32. The SMILES string of the molecule is CC(C)C1SCC(C(=O)O)N1C(=O)c1ccc(C#N)cn1. The van der Waals surface area contributed by atoms with Gasteiger partial charge in [0.05, 0.1) is 10.9 Å². The normalized spacial score (nSPS) is 21.3. The summed E-state index contributed by atoms with van der Waals surface area (Å²) in [5.74, 6) is -0.898. The molecule has 1 aromatic rings. The first kappa shape index (κ1) is 15.3. The number of hydrogen-bond acceptors (Lipinski definition) is 5. The van der Waals surface area contributed by atoms with Crippen LogP contribution in [-0.2, 0) is 4.79 Å². The number of rotatable bonds is 3. The number of nitriles is 1.